The molecule has 2 heteroatoms. The monoisotopic (exact) mass is 124 g/mol. The maximum absolute atomic E-state index is 10.6. The van der Waals surface area contributed by atoms with Crippen LogP contribution in [-0.2, 0) is 9.53 Å². The molecule has 0 fully saturated rings. The van der Waals surface area contributed by atoms with E-state index >= 15 is 0 Å². The van der Waals surface area contributed by atoms with E-state index in [-0.39, 0.29) is 5.97 Å². The first kappa shape index (κ1) is 6.08. The van der Waals surface area contributed by atoms with E-state index in [1.807, 2.05) is 0 Å². The summed E-state index contributed by atoms with van der Waals surface area (Å²) in [5, 5.41) is 0. The fourth-order valence-corrected chi connectivity index (χ4v) is 0.703. The number of carbonyl (C=O) groups excluding carboxylic acids is 1. The summed E-state index contributed by atoms with van der Waals surface area (Å²) in [4.78, 5) is 10.6. The summed E-state index contributed by atoms with van der Waals surface area (Å²) in [5.74, 6) is -0.218. The van der Waals surface area contributed by atoms with E-state index in [9.17, 15) is 4.79 Å². The zero-order chi connectivity index (χ0) is 6.85. The fraction of sp³-hybridized carbons (Fsp3) is 0.286. The van der Waals surface area contributed by atoms with Crippen molar-refractivity contribution in [1.82, 2.24) is 0 Å². The van der Waals surface area contributed by atoms with E-state index < -0.39 is 0 Å². The van der Waals surface area contributed by atoms with Crippen LogP contribution in [-0.4, -0.2) is 12.6 Å². The minimum absolute atomic E-state index is 0.218. The molecular weight excluding hydrogens is 116 g/mol. The van der Waals surface area contributed by atoms with E-state index in [0.29, 0.717) is 12.2 Å². The van der Waals surface area contributed by atoms with Crippen molar-refractivity contribution in [1.29, 1.82) is 0 Å². The van der Waals surface area contributed by atoms with Crippen LogP contribution >= 0.6 is 0 Å². The summed E-state index contributed by atoms with van der Waals surface area (Å²) in [5.41, 5.74) is 1.59. The summed E-state index contributed by atoms with van der Waals surface area (Å²) >= 11 is 0. The van der Waals surface area contributed by atoms with Gasteiger partial charge in [-0.1, -0.05) is 12.7 Å². The quantitative estimate of drug-likeness (QED) is 0.488. The second-order valence-corrected chi connectivity index (χ2v) is 1.93. The lowest BCUT2D eigenvalue weighted by Crippen LogP contribution is -1.94. The average molecular weight is 124 g/mol. The summed E-state index contributed by atoms with van der Waals surface area (Å²) in [7, 11) is 0. The molecule has 0 aromatic rings. The van der Waals surface area contributed by atoms with Crippen molar-refractivity contribution in [3.63, 3.8) is 0 Å². The predicted molar refractivity (Wildman–Crippen MR) is 33.9 cm³/mol. The number of rotatable bonds is 1. The molecule has 0 unspecified atom stereocenters. The second kappa shape index (κ2) is 2.05. The van der Waals surface area contributed by atoms with Crippen LogP contribution in [0.25, 0.3) is 0 Å². The highest BCUT2D eigenvalue weighted by atomic mass is 16.5. The van der Waals surface area contributed by atoms with Gasteiger partial charge in [0.25, 0.3) is 0 Å². The molecule has 0 saturated heterocycles. The van der Waals surface area contributed by atoms with Gasteiger partial charge in [0, 0.05) is 5.57 Å². The van der Waals surface area contributed by atoms with Gasteiger partial charge in [0.2, 0.25) is 0 Å². The molecule has 0 saturated carbocycles. The van der Waals surface area contributed by atoms with Gasteiger partial charge in [-0.25, -0.2) is 4.79 Å². The minimum Gasteiger partial charge on any atom is -0.457 e. The maximum atomic E-state index is 10.6. The molecule has 0 aromatic carbocycles. The van der Waals surface area contributed by atoms with Crippen molar-refractivity contribution >= 4 is 5.97 Å². The molecule has 1 heterocycles. The van der Waals surface area contributed by atoms with Crippen LogP contribution < -0.4 is 0 Å². The third-order valence-corrected chi connectivity index (χ3v) is 1.39. The molecule has 1 aliphatic rings. The lowest BCUT2D eigenvalue weighted by molar-refractivity contribution is -0.135. The summed E-state index contributed by atoms with van der Waals surface area (Å²) < 4.78 is 4.68. The Morgan fingerprint density at radius 2 is 2.44 bits per heavy atom. The van der Waals surface area contributed by atoms with Gasteiger partial charge < -0.3 is 4.74 Å². The third-order valence-electron chi connectivity index (χ3n) is 1.39. The van der Waals surface area contributed by atoms with Crippen LogP contribution in [0.1, 0.15) is 6.92 Å². The fourth-order valence-electron chi connectivity index (χ4n) is 0.703. The molecule has 0 N–H and O–H groups in total. The Kier molecular flexibility index (Phi) is 1.39. The van der Waals surface area contributed by atoms with Crippen molar-refractivity contribution in [2.24, 2.45) is 0 Å². The largest absolute Gasteiger partial charge is 0.457 e. The number of hydrogen-bond acceptors (Lipinski definition) is 2. The Bertz CT molecular complexity index is 189. The zero-order valence-corrected chi connectivity index (χ0v) is 5.31. The Hall–Kier alpha value is -1.05. The van der Waals surface area contributed by atoms with Gasteiger partial charge in [0.15, 0.2) is 0 Å². The highest BCUT2D eigenvalue weighted by Gasteiger charge is 2.17. The molecule has 0 aliphatic carbocycles. The standard InChI is InChI=1S/C7H8O2/c1-3-6-4-9-7(8)5(6)2/h3H,1,4H2,2H3. The third kappa shape index (κ3) is 0.875. The van der Waals surface area contributed by atoms with Crippen molar-refractivity contribution in [2.45, 2.75) is 6.92 Å². The minimum atomic E-state index is -0.218. The van der Waals surface area contributed by atoms with Crippen molar-refractivity contribution in [3.05, 3.63) is 23.8 Å². The molecule has 9 heavy (non-hydrogen) atoms. The summed E-state index contributed by atoms with van der Waals surface area (Å²) in [6.45, 7) is 5.68. The van der Waals surface area contributed by atoms with Gasteiger partial charge in [-0.15, -0.1) is 0 Å². The number of carbonyl (C=O) groups is 1. The van der Waals surface area contributed by atoms with Crippen LogP contribution in [0.2, 0.25) is 0 Å². The first-order valence-electron chi connectivity index (χ1n) is 2.75. The van der Waals surface area contributed by atoms with Crippen molar-refractivity contribution in [2.75, 3.05) is 6.61 Å². The highest BCUT2D eigenvalue weighted by molar-refractivity contribution is 5.91. The first-order valence-corrected chi connectivity index (χ1v) is 2.75. The van der Waals surface area contributed by atoms with Gasteiger partial charge in [0.1, 0.15) is 6.61 Å². The molecule has 0 spiro atoms. The molecule has 0 bridgehead atoms. The zero-order valence-electron chi connectivity index (χ0n) is 5.31. The smallest absolute Gasteiger partial charge is 0.334 e. The lowest BCUT2D eigenvalue weighted by Gasteiger charge is -1.86. The van der Waals surface area contributed by atoms with Crippen molar-refractivity contribution in [3.8, 4) is 0 Å². The molecule has 0 amide bonds. The highest BCUT2D eigenvalue weighted by Crippen LogP contribution is 2.14. The average Bonchev–Trinajstić information content (AvgIpc) is 2.15. The van der Waals surface area contributed by atoms with Crippen molar-refractivity contribution < 1.29 is 9.53 Å². The molecule has 1 aliphatic heterocycles. The number of ether oxygens (including phenoxy) is 1. The topological polar surface area (TPSA) is 26.3 Å². The Morgan fingerprint density at radius 3 is 2.67 bits per heavy atom. The second-order valence-electron chi connectivity index (χ2n) is 1.93. The van der Waals surface area contributed by atoms with E-state index in [1.165, 1.54) is 0 Å². The van der Waals surface area contributed by atoms with Gasteiger partial charge in [-0.3, -0.25) is 0 Å². The van der Waals surface area contributed by atoms with Gasteiger partial charge in [-0.2, -0.15) is 0 Å². The van der Waals surface area contributed by atoms with Crippen LogP contribution in [0.15, 0.2) is 23.8 Å². The summed E-state index contributed by atoms with van der Waals surface area (Å²) in [6.07, 6.45) is 1.65. The maximum Gasteiger partial charge on any atom is 0.334 e. The first-order chi connectivity index (χ1) is 4.25. The molecule has 0 radical (unpaired) electrons. The van der Waals surface area contributed by atoms with Gasteiger partial charge >= 0.3 is 5.97 Å². The molecule has 48 valence electrons. The van der Waals surface area contributed by atoms with E-state index in [0.717, 1.165) is 5.57 Å². The Balaban J connectivity index is 2.92. The molecular formula is C7H8O2. The van der Waals surface area contributed by atoms with E-state index in [4.69, 9.17) is 0 Å². The number of hydrogen-bond donors (Lipinski definition) is 0. The van der Waals surface area contributed by atoms with Gasteiger partial charge in [-0.05, 0) is 12.5 Å². The van der Waals surface area contributed by atoms with Gasteiger partial charge in [0.05, 0.1) is 0 Å². The number of cyclic esters (lactones) is 1. The lowest BCUT2D eigenvalue weighted by atomic mass is 10.2. The number of esters is 1. The van der Waals surface area contributed by atoms with Crippen LogP contribution in [0.4, 0.5) is 0 Å². The summed E-state index contributed by atoms with van der Waals surface area (Å²) in [6, 6.07) is 0. The van der Waals surface area contributed by atoms with Crippen LogP contribution in [0.5, 0.6) is 0 Å². The van der Waals surface area contributed by atoms with Crippen LogP contribution in [0, 0.1) is 0 Å². The Labute approximate surface area is 53.8 Å². The molecule has 2 nitrogen and oxygen atoms in total. The molecule has 0 atom stereocenters. The molecule has 0 aromatic heterocycles. The molecule has 1 rings (SSSR count). The predicted octanol–water partition coefficient (Wildman–Crippen LogP) is 1.05. The Morgan fingerprint density at radius 1 is 1.78 bits per heavy atom. The normalized spacial score (nSPS) is 18.1. The van der Waals surface area contributed by atoms with Crippen LogP contribution in [0.3, 0.4) is 0 Å². The van der Waals surface area contributed by atoms with E-state index in [1.54, 1.807) is 13.0 Å². The SMILES string of the molecule is C=CC1=C(C)C(=O)OC1. The van der Waals surface area contributed by atoms with E-state index in [2.05, 4.69) is 11.3 Å².